The lowest BCUT2D eigenvalue weighted by Crippen LogP contribution is -2.47. The SMILES string of the molecule is Cc1ccc(Oc2ccc(NC(=O)N3CCC(NC(=O)CCc4ccccc4)CC3)cc2)cc1. The van der Waals surface area contributed by atoms with E-state index in [2.05, 4.69) is 10.6 Å². The van der Waals surface area contributed by atoms with Crippen LogP contribution in [0.5, 0.6) is 11.5 Å². The van der Waals surface area contributed by atoms with Gasteiger partial charge in [-0.1, -0.05) is 48.0 Å². The van der Waals surface area contributed by atoms with Crippen LogP contribution in [-0.4, -0.2) is 36.0 Å². The fraction of sp³-hybridized carbons (Fsp3) is 0.286. The number of nitrogens with zero attached hydrogens (tertiary/aromatic N) is 1. The molecule has 3 aromatic carbocycles. The van der Waals surface area contributed by atoms with Crippen molar-refractivity contribution >= 4 is 17.6 Å². The molecule has 2 N–H and O–H groups in total. The van der Waals surface area contributed by atoms with E-state index in [9.17, 15) is 9.59 Å². The molecule has 34 heavy (non-hydrogen) atoms. The average Bonchev–Trinajstić information content (AvgIpc) is 2.86. The maximum atomic E-state index is 12.7. The van der Waals surface area contributed by atoms with Crippen LogP contribution in [-0.2, 0) is 11.2 Å². The molecule has 176 valence electrons. The minimum Gasteiger partial charge on any atom is -0.457 e. The van der Waals surface area contributed by atoms with Crippen LogP contribution in [0.1, 0.15) is 30.4 Å². The van der Waals surface area contributed by atoms with E-state index in [0.29, 0.717) is 25.3 Å². The van der Waals surface area contributed by atoms with Crippen LogP contribution in [0.25, 0.3) is 0 Å². The number of anilines is 1. The van der Waals surface area contributed by atoms with Crippen LogP contribution in [0.15, 0.2) is 78.9 Å². The topological polar surface area (TPSA) is 70.7 Å². The number of rotatable bonds is 7. The summed E-state index contributed by atoms with van der Waals surface area (Å²) in [7, 11) is 0. The first-order valence-electron chi connectivity index (χ1n) is 11.8. The van der Waals surface area contributed by atoms with Crippen molar-refractivity contribution < 1.29 is 14.3 Å². The van der Waals surface area contributed by atoms with Crippen LogP contribution in [0, 0.1) is 6.92 Å². The molecule has 1 fully saturated rings. The number of aryl methyl sites for hydroxylation is 2. The van der Waals surface area contributed by atoms with E-state index in [-0.39, 0.29) is 18.0 Å². The summed E-state index contributed by atoms with van der Waals surface area (Å²) >= 11 is 0. The Hall–Kier alpha value is -3.80. The van der Waals surface area contributed by atoms with Crippen LogP contribution < -0.4 is 15.4 Å². The molecule has 6 heteroatoms. The fourth-order valence-electron chi connectivity index (χ4n) is 3.98. The summed E-state index contributed by atoms with van der Waals surface area (Å²) in [6.07, 6.45) is 2.73. The zero-order chi connectivity index (χ0) is 23.8. The zero-order valence-electron chi connectivity index (χ0n) is 19.5. The molecule has 1 saturated heterocycles. The Balaban J connectivity index is 1.18. The van der Waals surface area contributed by atoms with Crippen molar-refractivity contribution in [2.75, 3.05) is 18.4 Å². The Morgan fingerprint density at radius 1 is 0.882 bits per heavy atom. The lowest BCUT2D eigenvalue weighted by Gasteiger charge is -2.32. The molecule has 0 saturated carbocycles. The normalized spacial score (nSPS) is 13.9. The number of hydrogen-bond acceptors (Lipinski definition) is 3. The van der Waals surface area contributed by atoms with E-state index in [1.807, 2.05) is 85.8 Å². The van der Waals surface area contributed by atoms with Crippen molar-refractivity contribution in [3.8, 4) is 11.5 Å². The summed E-state index contributed by atoms with van der Waals surface area (Å²) in [6, 6.07) is 25.2. The molecule has 1 aliphatic heterocycles. The monoisotopic (exact) mass is 457 g/mol. The van der Waals surface area contributed by atoms with Crippen molar-refractivity contribution in [3.05, 3.63) is 90.0 Å². The molecule has 0 atom stereocenters. The van der Waals surface area contributed by atoms with Gasteiger partial charge in [0.25, 0.3) is 0 Å². The standard InChI is InChI=1S/C28H31N3O3/c1-21-7-12-25(13-8-21)34-26-14-10-23(11-15-26)30-28(33)31-19-17-24(18-20-31)29-27(32)16-9-22-5-3-2-4-6-22/h2-8,10-15,24H,9,16-20H2,1H3,(H,29,32)(H,30,33). The number of carbonyl (C=O) groups is 2. The number of urea groups is 1. The van der Waals surface area contributed by atoms with Crippen molar-refractivity contribution in [1.82, 2.24) is 10.2 Å². The van der Waals surface area contributed by atoms with Gasteiger partial charge in [-0.3, -0.25) is 4.79 Å². The molecule has 1 heterocycles. The first-order valence-corrected chi connectivity index (χ1v) is 11.8. The van der Waals surface area contributed by atoms with Gasteiger partial charge in [-0.15, -0.1) is 0 Å². The van der Waals surface area contributed by atoms with Crippen molar-refractivity contribution in [3.63, 3.8) is 0 Å². The van der Waals surface area contributed by atoms with E-state index in [1.165, 1.54) is 11.1 Å². The molecule has 6 nitrogen and oxygen atoms in total. The maximum absolute atomic E-state index is 12.7. The van der Waals surface area contributed by atoms with Gasteiger partial charge >= 0.3 is 6.03 Å². The van der Waals surface area contributed by atoms with Gasteiger partial charge in [0.05, 0.1) is 0 Å². The molecule has 0 bridgehead atoms. The first-order chi connectivity index (χ1) is 16.5. The third-order valence-electron chi connectivity index (χ3n) is 5.99. The zero-order valence-corrected chi connectivity index (χ0v) is 19.5. The highest BCUT2D eigenvalue weighted by Gasteiger charge is 2.23. The summed E-state index contributed by atoms with van der Waals surface area (Å²) in [6.45, 7) is 3.27. The van der Waals surface area contributed by atoms with E-state index in [4.69, 9.17) is 4.74 Å². The smallest absolute Gasteiger partial charge is 0.321 e. The van der Waals surface area contributed by atoms with Crippen LogP contribution in [0.4, 0.5) is 10.5 Å². The van der Waals surface area contributed by atoms with Crippen molar-refractivity contribution in [2.24, 2.45) is 0 Å². The molecule has 0 spiro atoms. The highest BCUT2D eigenvalue weighted by molar-refractivity contribution is 5.89. The number of likely N-dealkylation sites (tertiary alicyclic amines) is 1. The predicted octanol–water partition coefficient (Wildman–Crippen LogP) is 5.53. The minimum atomic E-state index is -0.124. The van der Waals surface area contributed by atoms with E-state index >= 15 is 0 Å². The van der Waals surface area contributed by atoms with E-state index in [0.717, 1.165) is 30.7 Å². The second kappa shape index (κ2) is 11.4. The van der Waals surface area contributed by atoms with Gasteiger partial charge in [0.15, 0.2) is 0 Å². The van der Waals surface area contributed by atoms with Crippen molar-refractivity contribution in [1.29, 1.82) is 0 Å². The molecular formula is C28H31N3O3. The summed E-state index contributed by atoms with van der Waals surface area (Å²) in [5, 5.41) is 6.06. The fourth-order valence-corrected chi connectivity index (χ4v) is 3.98. The number of piperidine rings is 1. The maximum Gasteiger partial charge on any atom is 0.321 e. The highest BCUT2D eigenvalue weighted by atomic mass is 16.5. The van der Waals surface area contributed by atoms with Crippen LogP contribution in [0.2, 0.25) is 0 Å². The Morgan fingerprint density at radius 3 is 2.15 bits per heavy atom. The van der Waals surface area contributed by atoms with Crippen LogP contribution >= 0.6 is 0 Å². The van der Waals surface area contributed by atoms with Crippen LogP contribution in [0.3, 0.4) is 0 Å². The lowest BCUT2D eigenvalue weighted by molar-refractivity contribution is -0.122. The largest absolute Gasteiger partial charge is 0.457 e. The van der Waals surface area contributed by atoms with E-state index < -0.39 is 0 Å². The summed E-state index contributed by atoms with van der Waals surface area (Å²) in [5.74, 6) is 1.56. The third-order valence-corrected chi connectivity index (χ3v) is 5.99. The average molecular weight is 458 g/mol. The molecule has 0 unspecified atom stereocenters. The number of nitrogens with one attached hydrogen (secondary N) is 2. The van der Waals surface area contributed by atoms with Gasteiger partial charge in [0.1, 0.15) is 11.5 Å². The molecule has 0 aliphatic carbocycles. The van der Waals surface area contributed by atoms with Gasteiger partial charge in [0.2, 0.25) is 5.91 Å². The van der Waals surface area contributed by atoms with Gasteiger partial charge < -0.3 is 20.3 Å². The minimum absolute atomic E-state index is 0.0692. The highest BCUT2D eigenvalue weighted by Crippen LogP contribution is 2.23. The Kier molecular flexibility index (Phi) is 7.81. The lowest BCUT2D eigenvalue weighted by atomic mass is 10.0. The Bertz CT molecular complexity index is 1070. The van der Waals surface area contributed by atoms with Gasteiger partial charge in [0, 0.05) is 31.2 Å². The number of hydrogen-bond donors (Lipinski definition) is 2. The molecule has 1 aliphatic rings. The molecule has 4 rings (SSSR count). The quantitative estimate of drug-likeness (QED) is 0.490. The second-order valence-electron chi connectivity index (χ2n) is 8.68. The van der Waals surface area contributed by atoms with Gasteiger partial charge in [-0.05, 0) is 68.1 Å². The van der Waals surface area contributed by atoms with E-state index in [1.54, 1.807) is 4.90 Å². The first kappa shape index (κ1) is 23.4. The number of ether oxygens (including phenoxy) is 1. The molecule has 0 aromatic heterocycles. The Morgan fingerprint density at radius 2 is 1.50 bits per heavy atom. The summed E-state index contributed by atoms with van der Waals surface area (Å²) in [5.41, 5.74) is 3.07. The van der Waals surface area contributed by atoms with Gasteiger partial charge in [-0.25, -0.2) is 4.79 Å². The predicted molar refractivity (Wildman–Crippen MR) is 134 cm³/mol. The molecular weight excluding hydrogens is 426 g/mol. The van der Waals surface area contributed by atoms with Gasteiger partial charge in [-0.2, -0.15) is 0 Å². The second-order valence-corrected chi connectivity index (χ2v) is 8.68. The number of benzene rings is 3. The molecule has 3 amide bonds. The third kappa shape index (κ3) is 6.85. The number of carbonyl (C=O) groups excluding carboxylic acids is 2. The Labute approximate surface area is 200 Å². The molecule has 0 radical (unpaired) electrons. The van der Waals surface area contributed by atoms with Crippen molar-refractivity contribution in [2.45, 2.75) is 38.6 Å². The summed E-state index contributed by atoms with van der Waals surface area (Å²) < 4.78 is 5.84. The number of amides is 3. The summed E-state index contributed by atoms with van der Waals surface area (Å²) in [4.78, 5) is 26.7. The molecule has 3 aromatic rings.